The predicted molar refractivity (Wildman–Crippen MR) is 152 cm³/mol. The molecule has 0 saturated carbocycles. The summed E-state index contributed by atoms with van der Waals surface area (Å²) in [7, 11) is 0. The Morgan fingerprint density at radius 3 is 2.59 bits per heavy atom. The van der Waals surface area contributed by atoms with Crippen LogP contribution in [-0.2, 0) is 11.3 Å². The van der Waals surface area contributed by atoms with Crippen molar-refractivity contribution in [2.75, 3.05) is 37.7 Å². The van der Waals surface area contributed by atoms with E-state index in [4.69, 9.17) is 4.74 Å². The van der Waals surface area contributed by atoms with Crippen LogP contribution in [0.25, 0.3) is 10.9 Å². The molecule has 6 rings (SSSR count). The molecule has 9 nitrogen and oxygen atoms in total. The molecule has 204 valence electrons. The zero-order chi connectivity index (χ0) is 27.1. The zero-order valence-electron chi connectivity index (χ0n) is 23.3. The van der Waals surface area contributed by atoms with Crippen LogP contribution >= 0.6 is 0 Å². The first-order valence-electron chi connectivity index (χ1n) is 14.0. The number of benzene rings is 2. The van der Waals surface area contributed by atoms with Gasteiger partial charge in [-0.15, -0.1) is 5.10 Å². The maximum absolute atomic E-state index is 13.7. The van der Waals surface area contributed by atoms with Crippen LogP contribution in [0.4, 0.5) is 5.69 Å². The highest BCUT2D eigenvalue weighted by molar-refractivity contribution is 5.85. The Hall–Kier alpha value is -3.56. The van der Waals surface area contributed by atoms with Gasteiger partial charge in [0, 0.05) is 49.4 Å². The SMILES string of the molecule is Cc1cccc(N2CCN([C@H](c3cc4c(C)ccc(C)c4[nH]c3=O)c3nnnn3C[C@H]3CCCO3)CC2)c1C. The number of piperazine rings is 1. The number of pyridine rings is 1. The third-order valence-corrected chi connectivity index (χ3v) is 8.57. The fourth-order valence-corrected chi connectivity index (χ4v) is 6.11. The highest BCUT2D eigenvalue weighted by Crippen LogP contribution is 2.31. The molecular weight excluding hydrogens is 490 g/mol. The molecule has 0 aliphatic carbocycles. The van der Waals surface area contributed by atoms with Crippen molar-refractivity contribution in [3.05, 3.63) is 80.4 Å². The lowest BCUT2D eigenvalue weighted by atomic mass is 9.99. The summed E-state index contributed by atoms with van der Waals surface area (Å²) in [6.45, 7) is 13.1. The third kappa shape index (κ3) is 4.85. The highest BCUT2D eigenvalue weighted by Gasteiger charge is 2.34. The van der Waals surface area contributed by atoms with Crippen LogP contribution in [0.5, 0.6) is 0 Å². The number of H-pyrrole nitrogens is 1. The number of rotatable bonds is 6. The smallest absolute Gasteiger partial charge is 0.253 e. The van der Waals surface area contributed by atoms with Crippen molar-refractivity contribution in [3.63, 3.8) is 0 Å². The summed E-state index contributed by atoms with van der Waals surface area (Å²) in [5, 5.41) is 14.0. The molecule has 2 aromatic heterocycles. The van der Waals surface area contributed by atoms with E-state index in [-0.39, 0.29) is 17.7 Å². The van der Waals surface area contributed by atoms with Gasteiger partial charge in [0.2, 0.25) is 0 Å². The van der Waals surface area contributed by atoms with E-state index in [2.05, 4.69) is 87.5 Å². The number of aromatic nitrogens is 5. The third-order valence-electron chi connectivity index (χ3n) is 8.57. The van der Waals surface area contributed by atoms with Crippen molar-refractivity contribution in [1.82, 2.24) is 30.1 Å². The second-order valence-electron chi connectivity index (χ2n) is 11.0. The van der Waals surface area contributed by atoms with E-state index < -0.39 is 0 Å². The molecule has 0 bridgehead atoms. The van der Waals surface area contributed by atoms with Gasteiger partial charge < -0.3 is 14.6 Å². The van der Waals surface area contributed by atoms with Gasteiger partial charge in [-0.2, -0.15) is 0 Å². The van der Waals surface area contributed by atoms with Crippen LogP contribution in [-0.4, -0.2) is 69.0 Å². The standard InChI is InChI=1S/C30H37N7O2/c1-19-7-5-9-26(22(19)4)35-12-14-36(15-13-35)28(29-32-33-34-37(29)18-23-8-6-16-39-23)25-17-24-20(2)10-11-21(3)27(24)31-30(25)38/h5,7,9-11,17,23,28H,6,8,12-16,18H2,1-4H3,(H,31,38)/t23-,28-/m1/s1. The summed E-state index contributed by atoms with van der Waals surface area (Å²) in [5.74, 6) is 0.695. The Kier molecular flexibility index (Phi) is 6.95. The number of hydrogen-bond acceptors (Lipinski definition) is 7. The van der Waals surface area contributed by atoms with Crippen molar-refractivity contribution in [3.8, 4) is 0 Å². The molecule has 2 fully saturated rings. The van der Waals surface area contributed by atoms with Gasteiger partial charge in [-0.3, -0.25) is 9.69 Å². The van der Waals surface area contributed by atoms with E-state index >= 15 is 0 Å². The lowest BCUT2D eigenvalue weighted by molar-refractivity contribution is 0.0906. The lowest BCUT2D eigenvalue weighted by Crippen LogP contribution is -2.49. The van der Waals surface area contributed by atoms with Gasteiger partial charge in [0.1, 0.15) is 6.04 Å². The Morgan fingerprint density at radius 1 is 1.03 bits per heavy atom. The summed E-state index contributed by atoms with van der Waals surface area (Å²) < 4.78 is 7.75. The molecule has 2 aromatic carbocycles. The van der Waals surface area contributed by atoms with Crippen molar-refractivity contribution < 1.29 is 4.74 Å². The number of anilines is 1. The molecule has 4 heterocycles. The molecule has 0 radical (unpaired) electrons. The normalized spacial score (nSPS) is 19.2. The molecule has 0 spiro atoms. The summed E-state index contributed by atoms with van der Waals surface area (Å²) in [4.78, 5) is 21.7. The maximum atomic E-state index is 13.7. The van der Waals surface area contributed by atoms with Crippen molar-refractivity contribution >= 4 is 16.6 Å². The number of aromatic amines is 1. The van der Waals surface area contributed by atoms with Crippen LogP contribution in [0.15, 0.2) is 41.2 Å². The van der Waals surface area contributed by atoms with Gasteiger partial charge >= 0.3 is 0 Å². The van der Waals surface area contributed by atoms with Crippen LogP contribution in [0.2, 0.25) is 0 Å². The fourth-order valence-electron chi connectivity index (χ4n) is 6.11. The maximum Gasteiger partial charge on any atom is 0.253 e. The van der Waals surface area contributed by atoms with Gasteiger partial charge in [-0.05, 0) is 85.3 Å². The minimum Gasteiger partial charge on any atom is -0.376 e. The van der Waals surface area contributed by atoms with Crippen LogP contribution in [0.3, 0.4) is 0 Å². The first-order chi connectivity index (χ1) is 18.9. The molecule has 1 N–H and O–H groups in total. The van der Waals surface area contributed by atoms with Crippen LogP contribution in [0.1, 0.15) is 52.5 Å². The van der Waals surface area contributed by atoms with E-state index in [1.807, 2.05) is 11.6 Å². The monoisotopic (exact) mass is 527 g/mol. The van der Waals surface area contributed by atoms with Crippen LogP contribution in [0, 0.1) is 27.7 Å². The van der Waals surface area contributed by atoms with E-state index in [9.17, 15) is 4.79 Å². The van der Waals surface area contributed by atoms with Gasteiger partial charge in [0.15, 0.2) is 5.82 Å². The molecule has 0 unspecified atom stereocenters. The molecule has 9 heteroatoms. The second kappa shape index (κ2) is 10.5. The number of fused-ring (bicyclic) bond motifs is 1. The number of hydrogen-bond donors (Lipinski definition) is 1. The summed E-state index contributed by atoms with van der Waals surface area (Å²) in [6.07, 6.45) is 2.14. The topological polar surface area (TPSA) is 92.2 Å². The Labute approximate surface area is 228 Å². The average Bonchev–Trinajstić information content (AvgIpc) is 3.62. The van der Waals surface area contributed by atoms with E-state index in [0.29, 0.717) is 17.9 Å². The minimum atomic E-state index is -0.366. The molecule has 39 heavy (non-hydrogen) atoms. The lowest BCUT2D eigenvalue weighted by Gasteiger charge is -2.40. The number of nitrogens with one attached hydrogen (secondary N) is 1. The summed E-state index contributed by atoms with van der Waals surface area (Å²) in [5.41, 5.74) is 7.57. The predicted octanol–water partition coefficient (Wildman–Crippen LogP) is 3.84. The number of tetrazole rings is 1. The van der Waals surface area contributed by atoms with E-state index in [1.54, 1.807) is 0 Å². The molecule has 4 aromatic rings. The molecule has 0 amide bonds. The van der Waals surface area contributed by atoms with Crippen molar-refractivity contribution in [1.29, 1.82) is 0 Å². The zero-order valence-corrected chi connectivity index (χ0v) is 23.3. The highest BCUT2D eigenvalue weighted by atomic mass is 16.5. The largest absolute Gasteiger partial charge is 0.376 e. The van der Waals surface area contributed by atoms with Crippen molar-refractivity contribution in [2.24, 2.45) is 0 Å². The van der Waals surface area contributed by atoms with Crippen molar-refractivity contribution in [2.45, 2.75) is 59.2 Å². The van der Waals surface area contributed by atoms with Gasteiger partial charge in [-0.25, -0.2) is 4.68 Å². The summed E-state index contributed by atoms with van der Waals surface area (Å²) >= 11 is 0. The molecule has 2 saturated heterocycles. The Bertz CT molecular complexity index is 1540. The average molecular weight is 528 g/mol. The first kappa shape index (κ1) is 25.7. The number of nitrogens with zero attached hydrogens (tertiary/aromatic N) is 6. The Morgan fingerprint density at radius 2 is 1.82 bits per heavy atom. The molecule has 2 aliphatic rings. The Balaban J connectivity index is 1.39. The van der Waals surface area contributed by atoms with E-state index in [0.717, 1.165) is 67.7 Å². The van der Waals surface area contributed by atoms with E-state index in [1.165, 1.54) is 16.8 Å². The summed E-state index contributed by atoms with van der Waals surface area (Å²) in [6, 6.07) is 12.4. The molecule has 2 aliphatic heterocycles. The fraction of sp³-hybridized carbons (Fsp3) is 0.467. The van der Waals surface area contributed by atoms with Gasteiger partial charge in [0.05, 0.1) is 18.2 Å². The molecular formula is C30H37N7O2. The number of ether oxygens (including phenoxy) is 1. The first-order valence-corrected chi connectivity index (χ1v) is 14.0. The minimum absolute atomic E-state index is 0.0915. The van der Waals surface area contributed by atoms with Crippen LogP contribution < -0.4 is 10.5 Å². The number of aryl methyl sites for hydroxylation is 3. The van der Waals surface area contributed by atoms with Gasteiger partial charge in [-0.1, -0.05) is 24.3 Å². The second-order valence-corrected chi connectivity index (χ2v) is 11.0. The molecule has 2 atom stereocenters. The quantitative estimate of drug-likeness (QED) is 0.407. The van der Waals surface area contributed by atoms with Gasteiger partial charge in [0.25, 0.3) is 5.56 Å².